The van der Waals surface area contributed by atoms with Crippen LogP contribution in [0.5, 0.6) is 5.75 Å². The first-order chi connectivity index (χ1) is 15.9. The Bertz CT molecular complexity index is 1230. The van der Waals surface area contributed by atoms with E-state index in [1.807, 2.05) is 48.5 Å². The van der Waals surface area contributed by atoms with Gasteiger partial charge in [-0.05, 0) is 84.1 Å². The molecule has 0 spiro atoms. The van der Waals surface area contributed by atoms with Crippen LogP contribution in [0.4, 0.5) is 11.4 Å². The number of ether oxygens (including phenoxy) is 1. The van der Waals surface area contributed by atoms with Crippen LogP contribution >= 0.6 is 43.6 Å². The summed E-state index contributed by atoms with van der Waals surface area (Å²) in [6.45, 7) is -0.107. The van der Waals surface area contributed by atoms with E-state index >= 15 is 0 Å². The van der Waals surface area contributed by atoms with Gasteiger partial charge in [0.15, 0.2) is 11.8 Å². The minimum Gasteiger partial charge on any atom is -0.484 e. The molecule has 0 unspecified atom stereocenters. The third-order valence-electron chi connectivity index (χ3n) is 4.38. The highest BCUT2D eigenvalue weighted by molar-refractivity contribution is 9.10. The summed E-state index contributed by atoms with van der Waals surface area (Å²) >= 11 is 8.03. The van der Waals surface area contributed by atoms with Gasteiger partial charge in [0.05, 0.1) is 10.6 Å². The van der Waals surface area contributed by atoms with Gasteiger partial charge in [-0.1, -0.05) is 44.0 Å². The number of amidine groups is 1. The van der Waals surface area contributed by atoms with E-state index in [0.717, 1.165) is 20.2 Å². The fourth-order valence-electron chi connectivity index (χ4n) is 2.80. The Balaban J connectivity index is 1.33. The normalized spacial score (nSPS) is 15.5. The fourth-order valence-corrected chi connectivity index (χ4v) is 4.17. The maximum absolute atomic E-state index is 12.3. The van der Waals surface area contributed by atoms with Gasteiger partial charge in [-0.15, -0.1) is 0 Å². The van der Waals surface area contributed by atoms with Crippen LogP contribution in [0.25, 0.3) is 6.08 Å². The first-order valence-corrected chi connectivity index (χ1v) is 12.2. The lowest BCUT2D eigenvalue weighted by Gasteiger charge is -2.08. The molecule has 0 radical (unpaired) electrons. The second-order valence-electron chi connectivity index (χ2n) is 6.87. The molecule has 166 valence electrons. The van der Waals surface area contributed by atoms with Gasteiger partial charge in [0.2, 0.25) is 0 Å². The third-order valence-corrected chi connectivity index (χ3v) is 6.35. The Kier molecular flexibility index (Phi) is 7.64. The van der Waals surface area contributed by atoms with Crippen LogP contribution in [-0.2, 0) is 9.59 Å². The summed E-state index contributed by atoms with van der Waals surface area (Å²) in [5.74, 6) is 0.116. The Morgan fingerprint density at radius 1 is 0.970 bits per heavy atom. The van der Waals surface area contributed by atoms with E-state index in [9.17, 15) is 9.59 Å². The molecule has 3 aromatic rings. The molecule has 3 aromatic carbocycles. The Morgan fingerprint density at radius 3 is 2.27 bits per heavy atom. The molecule has 6 nitrogen and oxygen atoms in total. The number of thioether (sulfide) groups is 1. The first kappa shape index (κ1) is 23.3. The topological polar surface area (TPSA) is 79.8 Å². The van der Waals surface area contributed by atoms with Gasteiger partial charge in [-0.3, -0.25) is 9.59 Å². The highest BCUT2D eigenvalue weighted by atomic mass is 79.9. The smallest absolute Gasteiger partial charge is 0.264 e. The van der Waals surface area contributed by atoms with E-state index < -0.39 is 0 Å². The monoisotopic (exact) mass is 585 g/mol. The number of hydrogen-bond donors (Lipinski definition) is 2. The quantitative estimate of drug-likeness (QED) is 0.341. The Morgan fingerprint density at radius 2 is 1.61 bits per heavy atom. The van der Waals surface area contributed by atoms with Crippen molar-refractivity contribution in [3.63, 3.8) is 0 Å². The maximum atomic E-state index is 12.3. The summed E-state index contributed by atoms with van der Waals surface area (Å²) in [6.07, 6.45) is 1.79. The number of carbonyl (C=O) groups excluding carboxylic acids is 2. The molecular formula is C24H17Br2N3O3S. The second kappa shape index (κ2) is 10.8. The van der Waals surface area contributed by atoms with Crippen LogP contribution in [0.3, 0.4) is 0 Å². The Labute approximate surface area is 211 Å². The summed E-state index contributed by atoms with van der Waals surface area (Å²) in [5.41, 5.74) is 2.29. The van der Waals surface area contributed by atoms with Crippen molar-refractivity contribution in [1.29, 1.82) is 0 Å². The van der Waals surface area contributed by atoms with Crippen molar-refractivity contribution in [2.24, 2.45) is 4.99 Å². The Hall–Kier alpha value is -2.88. The molecule has 0 saturated carbocycles. The van der Waals surface area contributed by atoms with E-state index in [2.05, 4.69) is 47.5 Å². The highest BCUT2D eigenvalue weighted by Gasteiger charge is 2.23. The predicted octanol–water partition coefficient (Wildman–Crippen LogP) is 6.12. The summed E-state index contributed by atoms with van der Waals surface area (Å²) in [6, 6.07) is 22.0. The molecule has 0 bridgehead atoms. The molecule has 1 fully saturated rings. The number of carbonyl (C=O) groups is 2. The molecule has 0 atom stereocenters. The second-order valence-corrected chi connectivity index (χ2v) is 9.73. The molecule has 2 N–H and O–H groups in total. The lowest BCUT2D eigenvalue weighted by molar-refractivity contribution is -0.118. The SMILES string of the molecule is O=C(COc1ccc(/C=C2\SC(=Nc3ccc(Br)cc3)NC2=O)cc1)Nc1ccc(Br)cc1. The largest absolute Gasteiger partial charge is 0.484 e. The number of anilines is 1. The molecule has 0 aliphatic carbocycles. The van der Waals surface area contributed by atoms with Crippen LogP contribution < -0.4 is 15.4 Å². The number of halogens is 2. The van der Waals surface area contributed by atoms with Gasteiger partial charge in [0.25, 0.3) is 11.8 Å². The number of aliphatic imine (C=N–C) groups is 1. The van der Waals surface area contributed by atoms with Gasteiger partial charge >= 0.3 is 0 Å². The molecule has 33 heavy (non-hydrogen) atoms. The summed E-state index contributed by atoms with van der Waals surface area (Å²) in [5, 5.41) is 6.08. The lowest BCUT2D eigenvalue weighted by Crippen LogP contribution is -2.20. The van der Waals surface area contributed by atoms with Gasteiger partial charge in [0.1, 0.15) is 5.75 Å². The number of hydrogen-bond acceptors (Lipinski definition) is 5. The zero-order valence-corrected chi connectivity index (χ0v) is 21.0. The van der Waals surface area contributed by atoms with E-state index in [4.69, 9.17) is 4.74 Å². The average Bonchev–Trinajstić information content (AvgIpc) is 3.15. The molecule has 9 heteroatoms. The molecular weight excluding hydrogens is 570 g/mol. The van der Waals surface area contributed by atoms with Crippen molar-refractivity contribution < 1.29 is 14.3 Å². The molecule has 1 aliphatic heterocycles. The predicted molar refractivity (Wildman–Crippen MR) is 140 cm³/mol. The first-order valence-electron chi connectivity index (χ1n) is 9.78. The van der Waals surface area contributed by atoms with Crippen molar-refractivity contribution in [2.45, 2.75) is 0 Å². The van der Waals surface area contributed by atoms with Gasteiger partial charge in [-0.2, -0.15) is 0 Å². The molecule has 0 aromatic heterocycles. The highest BCUT2D eigenvalue weighted by Crippen LogP contribution is 2.29. The van der Waals surface area contributed by atoms with Gasteiger partial charge in [-0.25, -0.2) is 4.99 Å². The van der Waals surface area contributed by atoms with Crippen LogP contribution in [0.15, 0.2) is 91.6 Å². The number of benzene rings is 3. The van der Waals surface area contributed by atoms with Crippen LogP contribution in [-0.4, -0.2) is 23.6 Å². The van der Waals surface area contributed by atoms with Crippen LogP contribution in [0, 0.1) is 0 Å². The van der Waals surface area contributed by atoms with Gasteiger partial charge in [0, 0.05) is 14.6 Å². The molecule has 2 amide bonds. The molecule has 4 rings (SSSR count). The lowest BCUT2D eigenvalue weighted by atomic mass is 10.2. The van der Waals surface area contributed by atoms with E-state index in [1.54, 1.807) is 30.3 Å². The minimum atomic E-state index is -0.250. The van der Waals surface area contributed by atoms with E-state index in [1.165, 1.54) is 11.8 Å². The number of nitrogens with one attached hydrogen (secondary N) is 2. The van der Waals surface area contributed by atoms with Crippen molar-refractivity contribution >= 4 is 78.1 Å². The van der Waals surface area contributed by atoms with Crippen molar-refractivity contribution in [3.05, 3.63) is 92.2 Å². The number of nitrogens with zero attached hydrogens (tertiary/aromatic N) is 1. The van der Waals surface area contributed by atoms with Crippen molar-refractivity contribution in [2.75, 3.05) is 11.9 Å². The number of rotatable bonds is 6. The van der Waals surface area contributed by atoms with Crippen molar-refractivity contribution in [1.82, 2.24) is 5.32 Å². The molecule has 1 saturated heterocycles. The minimum absolute atomic E-state index is 0.107. The van der Waals surface area contributed by atoms with Crippen LogP contribution in [0.2, 0.25) is 0 Å². The molecule has 1 heterocycles. The summed E-state index contributed by atoms with van der Waals surface area (Å²) in [4.78, 5) is 29.4. The molecule has 1 aliphatic rings. The van der Waals surface area contributed by atoms with E-state index in [-0.39, 0.29) is 18.4 Å². The third kappa shape index (κ3) is 6.80. The zero-order chi connectivity index (χ0) is 23.2. The zero-order valence-electron chi connectivity index (χ0n) is 17.0. The average molecular weight is 587 g/mol. The summed E-state index contributed by atoms with van der Waals surface area (Å²) in [7, 11) is 0. The standard InChI is InChI=1S/C24H17Br2N3O3S/c25-16-3-7-18(8-4-16)27-22(30)14-32-20-11-1-15(2-12-20)13-21-23(31)29-24(33-21)28-19-9-5-17(26)6-10-19/h1-13H,14H2,(H,27,30)(H,28,29,31)/b21-13-. The van der Waals surface area contributed by atoms with E-state index in [0.29, 0.717) is 21.5 Å². The van der Waals surface area contributed by atoms with Crippen molar-refractivity contribution in [3.8, 4) is 5.75 Å². The number of amides is 2. The van der Waals surface area contributed by atoms with Crippen LogP contribution in [0.1, 0.15) is 5.56 Å². The fraction of sp³-hybridized carbons (Fsp3) is 0.0417. The maximum Gasteiger partial charge on any atom is 0.264 e. The van der Waals surface area contributed by atoms with Gasteiger partial charge < -0.3 is 15.4 Å². The summed E-state index contributed by atoms with van der Waals surface area (Å²) < 4.78 is 7.46.